The molecule has 2 aliphatic heterocycles. The number of hydrogen-bond donors (Lipinski definition) is 1. The first-order chi connectivity index (χ1) is 16.7. The van der Waals surface area contributed by atoms with Crippen LogP contribution in [0.15, 0.2) is 65.6 Å². The molecule has 2 heterocycles. The molecule has 1 amide bonds. The molecule has 180 valence electrons. The second kappa shape index (κ2) is 8.92. The highest BCUT2D eigenvalue weighted by molar-refractivity contribution is 7.99. The number of thioether (sulfide) groups is 1. The van der Waals surface area contributed by atoms with Crippen LogP contribution in [0.5, 0.6) is 5.75 Å². The molecule has 0 radical (unpaired) electrons. The molecule has 2 aliphatic rings. The Morgan fingerprint density at radius 3 is 2.60 bits per heavy atom. The van der Waals surface area contributed by atoms with Crippen LogP contribution < -0.4 is 9.64 Å². The molecule has 2 atom stereocenters. The second-order valence-electron chi connectivity index (χ2n) is 9.84. The van der Waals surface area contributed by atoms with E-state index in [-0.39, 0.29) is 11.3 Å². The van der Waals surface area contributed by atoms with Crippen molar-refractivity contribution in [2.75, 3.05) is 17.3 Å². The zero-order chi connectivity index (χ0) is 24.9. The monoisotopic (exact) mass is 507 g/mol. The molecule has 0 saturated carbocycles. The van der Waals surface area contributed by atoms with Crippen molar-refractivity contribution in [3.8, 4) is 5.75 Å². The summed E-state index contributed by atoms with van der Waals surface area (Å²) < 4.78 is 5.75. The minimum Gasteiger partial charge on any atom is -0.492 e. The number of carboxylic acid groups (broad SMARTS) is 1. The zero-order valence-corrected chi connectivity index (χ0v) is 21.3. The highest BCUT2D eigenvalue weighted by atomic mass is 35.5. The first-order valence-corrected chi connectivity index (χ1v) is 12.9. The number of amides is 1. The maximum atomic E-state index is 13.9. The number of anilines is 1. The van der Waals surface area contributed by atoms with Crippen LogP contribution in [0.4, 0.5) is 5.69 Å². The van der Waals surface area contributed by atoms with Crippen LogP contribution in [0.25, 0.3) is 0 Å². The van der Waals surface area contributed by atoms with E-state index >= 15 is 0 Å². The zero-order valence-electron chi connectivity index (χ0n) is 19.7. The van der Waals surface area contributed by atoms with E-state index in [1.165, 1.54) is 0 Å². The number of nitrogens with zero attached hydrogens (tertiary/aromatic N) is 1. The number of hydrogen-bond acceptors (Lipinski definition) is 4. The fourth-order valence-corrected chi connectivity index (χ4v) is 6.27. The number of carbonyl (C=O) groups is 2. The lowest BCUT2D eigenvalue weighted by Crippen LogP contribution is -2.45. The Balaban J connectivity index is 1.72. The normalized spacial score (nSPS) is 19.5. The first kappa shape index (κ1) is 23.8. The largest absolute Gasteiger partial charge is 0.492 e. The summed E-state index contributed by atoms with van der Waals surface area (Å²) in [4.78, 5) is 29.2. The first-order valence-electron chi connectivity index (χ1n) is 11.5. The molecule has 0 aliphatic carbocycles. The number of ether oxygens (including phenoxy) is 1. The van der Waals surface area contributed by atoms with Gasteiger partial charge in [-0.05, 0) is 52.4 Å². The highest BCUT2D eigenvalue weighted by Gasteiger charge is 2.45. The maximum absolute atomic E-state index is 13.9. The summed E-state index contributed by atoms with van der Waals surface area (Å²) in [7, 11) is 0. The summed E-state index contributed by atoms with van der Waals surface area (Å²) in [5, 5.41) is 11.0. The molecule has 0 unspecified atom stereocenters. The maximum Gasteiger partial charge on any atom is 0.313 e. The van der Waals surface area contributed by atoms with Crippen LogP contribution in [-0.2, 0) is 10.2 Å². The average molecular weight is 508 g/mol. The number of fused-ring (bicyclic) bond motifs is 2. The molecule has 0 bridgehead atoms. The van der Waals surface area contributed by atoms with Gasteiger partial charge < -0.3 is 9.84 Å². The Morgan fingerprint density at radius 2 is 1.89 bits per heavy atom. The van der Waals surface area contributed by atoms with Gasteiger partial charge in [0.2, 0.25) is 0 Å². The van der Waals surface area contributed by atoms with E-state index in [4.69, 9.17) is 16.3 Å². The van der Waals surface area contributed by atoms with Crippen LogP contribution >= 0.6 is 23.4 Å². The fourth-order valence-electron chi connectivity index (χ4n) is 4.93. The Bertz CT molecular complexity index is 1330. The molecule has 5 rings (SSSR count). The van der Waals surface area contributed by atoms with Crippen molar-refractivity contribution in [1.29, 1.82) is 0 Å². The summed E-state index contributed by atoms with van der Waals surface area (Å²) in [6.07, 6.45) is 0. The third-order valence-electron chi connectivity index (χ3n) is 6.55. The molecule has 7 heteroatoms. The van der Waals surface area contributed by atoms with E-state index < -0.39 is 17.9 Å². The van der Waals surface area contributed by atoms with Gasteiger partial charge in [0.1, 0.15) is 11.7 Å². The predicted octanol–water partition coefficient (Wildman–Crippen LogP) is 6.69. The van der Waals surface area contributed by atoms with Crippen LogP contribution in [0.2, 0.25) is 5.02 Å². The predicted molar refractivity (Wildman–Crippen MR) is 139 cm³/mol. The van der Waals surface area contributed by atoms with Gasteiger partial charge in [-0.2, -0.15) is 0 Å². The van der Waals surface area contributed by atoms with Gasteiger partial charge in [-0.3, -0.25) is 14.5 Å². The number of halogens is 1. The SMILES string of the molecule is CC(C)(C)c1ccc(N2C(=O)c3ccccc3[C@H](C(=O)O)[C@H]2c2ccc3c(c2)SCCO3)cc1Cl. The highest BCUT2D eigenvalue weighted by Crippen LogP contribution is 2.47. The molecule has 0 fully saturated rings. The molecule has 0 spiro atoms. The van der Waals surface area contributed by atoms with E-state index in [9.17, 15) is 14.7 Å². The van der Waals surface area contributed by atoms with Crippen molar-refractivity contribution >= 4 is 40.9 Å². The Kier molecular flexibility index (Phi) is 6.06. The lowest BCUT2D eigenvalue weighted by Gasteiger charge is -2.41. The van der Waals surface area contributed by atoms with Gasteiger partial charge in [0.05, 0.1) is 12.6 Å². The number of aliphatic carboxylic acids is 1. The van der Waals surface area contributed by atoms with Crippen LogP contribution in [0, 0.1) is 0 Å². The average Bonchev–Trinajstić information content (AvgIpc) is 2.82. The molecule has 0 saturated heterocycles. The molecule has 3 aromatic rings. The topological polar surface area (TPSA) is 66.8 Å². The van der Waals surface area contributed by atoms with Gasteiger partial charge in [0.15, 0.2) is 0 Å². The van der Waals surface area contributed by atoms with Gasteiger partial charge in [-0.25, -0.2) is 0 Å². The van der Waals surface area contributed by atoms with Crippen LogP contribution in [0.1, 0.15) is 59.8 Å². The number of benzene rings is 3. The molecule has 35 heavy (non-hydrogen) atoms. The van der Waals surface area contributed by atoms with Crippen LogP contribution in [0.3, 0.4) is 0 Å². The molecular weight excluding hydrogens is 482 g/mol. The molecule has 3 aromatic carbocycles. The Morgan fingerprint density at radius 1 is 1.11 bits per heavy atom. The van der Waals surface area contributed by atoms with Gasteiger partial charge in [-0.15, -0.1) is 11.8 Å². The quantitative estimate of drug-likeness (QED) is 0.427. The van der Waals surface area contributed by atoms with Gasteiger partial charge in [0, 0.05) is 26.9 Å². The Hall–Kier alpha value is -2.96. The van der Waals surface area contributed by atoms with Crippen LogP contribution in [-0.4, -0.2) is 29.3 Å². The molecular formula is C28H26ClNO4S. The van der Waals surface area contributed by atoms with E-state index in [0.717, 1.165) is 27.5 Å². The third-order valence-corrected chi connectivity index (χ3v) is 7.87. The molecule has 1 N–H and O–H groups in total. The van der Waals surface area contributed by atoms with Crippen molar-refractivity contribution in [3.05, 3.63) is 87.9 Å². The van der Waals surface area contributed by atoms with E-state index in [1.807, 2.05) is 30.3 Å². The number of carboxylic acids is 1. The summed E-state index contributed by atoms with van der Waals surface area (Å²) in [6.45, 7) is 6.86. The van der Waals surface area contributed by atoms with Crippen molar-refractivity contribution < 1.29 is 19.4 Å². The third kappa shape index (κ3) is 4.19. The smallest absolute Gasteiger partial charge is 0.313 e. The summed E-state index contributed by atoms with van der Waals surface area (Å²) in [5.41, 5.74) is 3.01. The van der Waals surface area contributed by atoms with E-state index in [0.29, 0.717) is 28.4 Å². The van der Waals surface area contributed by atoms with Crippen molar-refractivity contribution in [1.82, 2.24) is 0 Å². The Labute approximate surface area is 214 Å². The lowest BCUT2D eigenvalue weighted by molar-refractivity contribution is -0.139. The number of rotatable bonds is 3. The van der Waals surface area contributed by atoms with Gasteiger partial charge in [-0.1, -0.05) is 62.7 Å². The minimum absolute atomic E-state index is 0.174. The summed E-state index contributed by atoms with van der Waals surface area (Å²) in [5.74, 6) is -0.580. The van der Waals surface area contributed by atoms with E-state index in [1.54, 1.807) is 47.0 Å². The number of carbonyl (C=O) groups excluding carboxylic acids is 1. The molecule has 0 aromatic heterocycles. The van der Waals surface area contributed by atoms with Crippen molar-refractivity contribution in [2.45, 2.75) is 43.0 Å². The molecule has 5 nitrogen and oxygen atoms in total. The lowest BCUT2D eigenvalue weighted by atomic mass is 9.79. The van der Waals surface area contributed by atoms with Crippen molar-refractivity contribution in [3.63, 3.8) is 0 Å². The summed E-state index contributed by atoms with van der Waals surface area (Å²) in [6, 6.07) is 17.5. The second-order valence-corrected chi connectivity index (χ2v) is 11.4. The van der Waals surface area contributed by atoms with Crippen molar-refractivity contribution in [2.24, 2.45) is 0 Å². The van der Waals surface area contributed by atoms with Gasteiger partial charge in [0.25, 0.3) is 5.91 Å². The standard InChI is InChI=1S/C28H26ClNO4S/c1-28(2,3)20-10-9-17(15-21(20)29)30-25(16-8-11-22-23(14-16)35-13-12-34-22)24(27(32)33)18-6-4-5-7-19(18)26(30)31/h4-11,14-15,24-25H,12-13H2,1-3H3,(H,32,33)/t24-,25+/m0/s1. The van der Waals surface area contributed by atoms with E-state index in [2.05, 4.69) is 20.8 Å². The minimum atomic E-state index is -0.987. The summed E-state index contributed by atoms with van der Waals surface area (Å²) >= 11 is 8.36. The van der Waals surface area contributed by atoms with Gasteiger partial charge >= 0.3 is 5.97 Å². The fraction of sp³-hybridized carbons (Fsp3) is 0.286.